The Bertz CT molecular complexity index is 692. The fourth-order valence-corrected chi connectivity index (χ4v) is 2.47. The third kappa shape index (κ3) is 3.47. The van der Waals surface area contributed by atoms with Crippen LogP contribution >= 0.6 is 0 Å². The Morgan fingerprint density at radius 1 is 1.05 bits per heavy atom. The van der Waals surface area contributed by atoms with Crippen LogP contribution in [0.1, 0.15) is 11.4 Å². The fraction of sp³-hybridized carbons (Fsp3) is 0.167. The van der Waals surface area contributed by atoms with E-state index in [1.54, 1.807) is 6.20 Å². The lowest BCUT2D eigenvalue weighted by Gasteiger charge is -2.23. The average molecular weight is 292 g/mol. The number of anilines is 2. The molecular formula is C18H20N4. The molecule has 0 aliphatic rings. The van der Waals surface area contributed by atoms with E-state index in [1.165, 1.54) is 11.3 Å². The normalized spacial score (nSPS) is 10.4. The number of benzene rings is 2. The zero-order valence-corrected chi connectivity index (χ0v) is 12.7. The van der Waals surface area contributed by atoms with Gasteiger partial charge in [0, 0.05) is 26.0 Å². The molecule has 4 nitrogen and oxygen atoms in total. The first kappa shape index (κ1) is 14.2. The first-order valence-electron chi connectivity index (χ1n) is 7.39. The van der Waals surface area contributed by atoms with E-state index in [1.807, 2.05) is 18.3 Å². The number of imidazole rings is 1. The van der Waals surface area contributed by atoms with Crippen LogP contribution in [0.3, 0.4) is 0 Å². The molecule has 0 fully saturated rings. The van der Waals surface area contributed by atoms with Gasteiger partial charge < -0.3 is 15.2 Å². The van der Waals surface area contributed by atoms with Crippen LogP contribution in [0.25, 0.3) is 0 Å². The van der Waals surface area contributed by atoms with Gasteiger partial charge in [0.1, 0.15) is 5.82 Å². The summed E-state index contributed by atoms with van der Waals surface area (Å²) in [6.07, 6.45) is 3.61. The summed E-state index contributed by atoms with van der Waals surface area (Å²) in [7, 11) is 2.11. The number of nitrogens with zero attached hydrogens (tertiary/aromatic N) is 2. The van der Waals surface area contributed by atoms with Crippen molar-refractivity contribution in [3.63, 3.8) is 0 Å². The van der Waals surface area contributed by atoms with E-state index in [4.69, 9.17) is 0 Å². The standard InChI is InChI=1S/C18H20N4/c1-22(14-15-7-3-2-4-8-15)17-10-6-5-9-16(17)21-13-18-19-11-12-20-18/h2-12,21H,13-14H2,1H3,(H,19,20). The van der Waals surface area contributed by atoms with Gasteiger partial charge in [0.05, 0.1) is 17.9 Å². The van der Waals surface area contributed by atoms with Gasteiger partial charge in [-0.25, -0.2) is 4.98 Å². The highest BCUT2D eigenvalue weighted by molar-refractivity contribution is 5.69. The zero-order chi connectivity index (χ0) is 15.2. The van der Waals surface area contributed by atoms with Gasteiger partial charge in [-0.1, -0.05) is 42.5 Å². The summed E-state index contributed by atoms with van der Waals surface area (Å²) in [5.74, 6) is 0.931. The molecule has 0 saturated heterocycles. The van der Waals surface area contributed by atoms with E-state index in [9.17, 15) is 0 Å². The van der Waals surface area contributed by atoms with Crippen LogP contribution < -0.4 is 10.2 Å². The maximum absolute atomic E-state index is 4.24. The highest BCUT2D eigenvalue weighted by Gasteiger charge is 2.07. The number of rotatable bonds is 6. The van der Waals surface area contributed by atoms with Crippen molar-refractivity contribution < 1.29 is 0 Å². The molecule has 3 aromatic rings. The molecule has 0 radical (unpaired) electrons. The van der Waals surface area contributed by atoms with E-state index in [0.717, 1.165) is 18.1 Å². The van der Waals surface area contributed by atoms with Gasteiger partial charge in [-0.15, -0.1) is 0 Å². The monoisotopic (exact) mass is 292 g/mol. The maximum atomic E-state index is 4.24. The van der Waals surface area contributed by atoms with Crippen LogP contribution in [0.2, 0.25) is 0 Å². The Morgan fingerprint density at radius 2 is 1.82 bits per heavy atom. The molecule has 0 aliphatic carbocycles. The van der Waals surface area contributed by atoms with Crippen LogP contribution in [0, 0.1) is 0 Å². The van der Waals surface area contributed by atoms with Crippen LogP contribution in [-0.4, -0.2) is 17.0 Å². The Morgan fingerprint density at radius 3 is 2.59 bits per heavy atom. The third-order valence-corrected chi connectivity index (χ3v) is 3.58. The molecule has 3 rings (SSSR count). The van der Waals surface area contributed by atoms with Gasteiger partial charge in [0.2, 0.25) is 0 Å². The molecule has 2 aromatic carbocycles. The predicted molar refractivity (Wildman–Crippen MR) is 90.9 cm³/mol. The highest BCUT2D eigenvalue weighted by Crippen LogP contribution is 2.26. The number of aromatic nitrogens is 2. The van der Waals surface area contributed by atoms with Gasteiger partial charge in [0.15, 0.2) is 0 Å². The molecule has 112 valence electrons. The van der Waals surface area contributed by atoms with Crippen molar-refractivity contribution in [2.75, 3.05) is 17.3 Å². The van der Waals surface area contributed by atoms with E-state index < -0.39 is 0 Å². The lowest BCUT2D eigenvalue weighted by atomic mass is 10.2. The lowest BCUT2D eigenvalue weighted by molar-refractivity contribution is 0.918. The molecule has 1 aromatic heterocycles. The van der Waals surface area contributed by atoms with E-state index in [0.29, 0.717) is 6.54 Å². The molecule has 4 heteroatoms. The van der Waals surface area contributed by atoms with Crippen LogP contribution in [0.5, 0.6) is 0 Å². The van der Waals surface area contributed by atoms with Crippen molar-refractivity contribution in [1.29, 1.82) is 0 Å². The highest BCUT2D eigenvalue weighted by atomic mass is 15.1. The molecule has 0 amide bonds. The molecule has 2 N–H and O–H groups in total. The maximum Gasteiger partial charge on any atom is 0.125 e. The molecule has 0 atom stereocenters. The molecule has 0 spiro atoms. The Kier molecular flexibility index (Phi) is 4.39. The molecule has 0 unspecified atom stereocenters. The van der Waals surface area contributed by atoms with Crippen molar-refractivity contribution in [2.24, 2.45) is 0 Å². The number of hydrogen-bond donors (Lipinski definition) is 2. The number of nitrogens with one attached hydrogen (secondary N) is 2. The fourth-order valence-electron chi connectivity index (χ4n) is 2.47. The van der Waals surface area contributed by atoms with Crippen molar-refractivity contribution in [1.82, 2.24) is 9.97 Å². The summed E-state index contributed by atoms with van der Waals surface area (Å²) in [5.41, 5.74) is 3.58. The third-order valence-electron chi connectivity index (χ3n) is 3.58. The zero-order valence-electron chi connectivity index (χ0n) is 12.7. The number of H-pyrrole nitrogens is 1. The van der Waals surface area contributed by atoms with Crippen LogP contribution in [0.15, 0.2) is 67.0 Å². The molecule has 0 aliphatic heterocycles. The minimum atomic E-state index is 0.684. The summed E-state index contributed by atoms with van der Waals surface area (Å²) >= 11 is 0. The molecule has 22 heavy (non-hydrogen) atoms. The van der Waals surface area contributed by atoms with Crippen molar-refractivity contribution in [3.8, 4) is 0 Å². The summed E-state index contributed by atoms with van der Waals surface area (Å²) in [4.78, 5) is 9.60. The topological polar surface area (TPSA) is 44.0 Å². The lowest BCUT2D eigenvalue weighted by Crippen LogP contribution is -2.18. The minimum Gasteiger partial charge on any atom is -0.376 e. The van der Waals surface area contributed by atoms with E-state index >= 15 is 0 Å². The SMILES string of the molecule is CN(Cc1ccccc1)c1ccccc1NCc1ncc[nH]1. The van der Waals surface area contributed by atoms with E-state index in [2.05, 4.69) is 69.7 Å². The van der Waals surface area contributed by atoms with Gasteiger partial charge >= 0.3 is 0 Å². The Hall–Kier alpha value is -2.75. The van der Waals surface area contributed by atoms with Crippen LogP contribution in [-0.2, 0) is 13.1 Å². The predicted octanol–water partition coefficient (Wildman–Crippen LogP) is 3.66. The second kappa shape index (κ2) is 6.80. The summed E-state index contributed by atoms with van der Waals surface area (Å²) in [6, 6.07) is 18.8. The quantitative estimate of drug-likeness (QED) is 0.728. The first-order chi connectivity index (χ1) is 10.8. The van der Waals surface area contributed by atoms with Crippen molar-refractivity contribution in [3.05, 3.63) is 78.4 Å². The first-order valence-corrected chi connectivity index (χ1v) is 7.39. The van der Waals surface area contributed by atoms with Gasteiger partial charge in [-0.3, -0.25) is 0 Å². The summed E-state index contributed by atoms with van der Waals surface area (Å²) in [5, 5.41) is 3.45. The van der Waals surface area contributed by atoms with Gasteiger partial charge in [-0.05, 0) is 17.7 Å². The Balaban J connectivity index is 1.72. The van der Waals surface area contributed by atoms with Crippen molar-refractivity contribution >= 4 is 11.4 Å². The summed E-state index contributed by atoms with van der Waals surface area (Å²) in [6.45, 7) is 1.56. The number of aromatic amines is 1. The number of para-hydroxylation sites is 2. The molecule has 1 heterocycles. The van der Waals surface area contributed by atoms with E-state index in [-0.39, 0.29) is 0 Å². The Labute approximate surface area is 130 Å². The van der Waals surface area contributed by atoms with Gasteiger partial charge in [0.25, 0.3) is 0 Å². The average Bonchev–Trinajstić information content (AvgIpc) is 3.07. The largest absolute Gasteiger partial charge is 0.376 e. The molecular weight excluding hydrogens is 272 g/mol. The van der Waals surface area contributed by atoms with Gasteiger partial charge in [-0.2, -0.15) is 0 Å². The summed E-state index contributed by atoms with van der Waals surface area (Å²) < 4.78 is 0. The molecule has 0 bridgehead atoms. The second-order valence-electron chi connectivity index (χ2n) is 5.25. The minimum absolute atomic E-state index is 0.684. The smallest absolute Gasteiger partial charge is 0.125 e. The second-order valence-corrected chi connectivity index (χ2v) is 5.25. The van der Waals surface area contributed by atoms with Crippen LogP contribution in [0.4, 0.5) is 11.4 Å². The molecule has 0 saturated carbocycles. The number of hydrogen-bond acceptors (Lipinski definition) is 3. The van der Waals surface area contributed by atoms with Crippen molar-refractivity contribution in [2.45, 2.75) is 13.1 Å².